The number of urea groups is 1. The van der Waals surface area contributed by atoms with Crippen LogP contribution in [0.1, 0.15) is 18.9 Å². The molecule has 0 radical (unpaired) electrons. The zero-order valence-corrected chi connectivity index (χ0v) is 14.6. The molecule has 0 aromatic heterocycles. The summed E-state index contributed by atoms with van der Waals surface area (Å²) in [5, 5.41) is 12.2. The Hall–Kier alpha value is -3.15. The predicted molar refractivity (Wildman–Crippen MR) is 100 cm³/mol. The largest absolute Gasteiger partial charge is 0.624 e. The minimum absolute atomic E-state index is 0.0127. The highest BCUT2D eigenvalue weighted by atomic mass is 16.5. The Morgan fingerprint density at radius 3 is 2.38 bits per heavy atom. The normalized spacial score (nSPS) is 16.0. The van der Waals surface area contributed by atoms with Crippen LogP contribution in [0.2, 0.25) is 0 Å². The number of benzene rings is 2. The van der Waals surface area contributed by atoms with Gasteiger partial charge in [0.25, 0.3) is 0 Å². The molecule has 1 unspecified atom stereocenters. The maximum atomic E-state index is 12.5. The van der Waals surface area contributed by atoms with Crippen LogP contribution in [0.15, 0.2) is 60.7 Å². The number of hydrogen-bond donors (Lipinski definition) is 0. The first-order chi connectivity index (χ1) is 12.6. The number of anilines is 1. The van der Waals surface area contributed by atoms with E-state index in [0.717, 1.165) is 16.0 Å². The zero-order valence-electron chi connectivity index (χ0n) is 14.6. The molecule has 0 aliphatic carbocycles. The number of hydrogen-bond acceptors (Lipinski definition) is 3. The lowest BCUT2D eigenvalue weighted by atomic mass is 10.2. The fraction of sp³-hybridized carbons (Fsp3) is 0.250. The summed E-state index contributed by atoms with van der Waals surface area (Å²) in [4.78, 5) is 27.8. The van der Waals surface area contributed by atoms with Gasteiger partial charge in [0.1, 0.15) is 0 Å². The van der Waals surface area contributed by atoms with Gasteiger partial charge in [-0.25, -0.2) is 9.53 Å². The molecule has 3 amide bonds. The van der Waals surface area contributed by atoms with E-state index in [0.29, 0.717) is 13.1 Å². The van der Waals surface area contributed by atoms with E-state index in [2.05, 4.69) is 0 Å². The summed E-state index contributed by atoms with van der Waals surface area (Å²) in [6.07, 6.45) is 1.45. The molecule has 0 spiro atoms. The number of amides is 3. The van der Waals surface area contributed by atoms with Crippen molar-refractivity contribution in [1.29, 1.82) is 0 Å². The first kappa shape index (κ1) is 17.7. The Balaban J connectivity index is 1.63. The summed E-state index contributed by atoms with van der Waals surface area (Å²) in [5.41, 5.74) is 1.54. The van der Waals surface area contributed by atoms with E-state index in [9.17, 15) is 14.8 Å². The van der Waals surface area contributed by atoms with Crippen molar-refractivity contribution in [3.8, 4) is 0 Å². The highest BCUT2D eigenvalue weighted by molar-refractivity contribution is 6.04. The van der Waals surface area contributed by atoms with E-state index in [4.69, 9.17) is 0 Å². The summed E-state index contributed by atoms with van der Waals surface area (Å²) in [6, 6.07) is 17.6. The number of imide groups is 1. The van der Waals surface area contributed by atoms with Gasteiger partial charge in [0, 0.05) is 24.3 Å². The lowest BCUT2D eigenvalue weighted by molar-refractivity contribution is -0.490. The van der Waals surface area contributed by atoms with E-state index in [-0.39, 0.29) is 18.4 Å². The second kappa shape index (κ2) is 7.82. The van der Waals surface area contributed by atoms with Gasteiger partial charge < -0.3 is 5.21 Å². The summed E-state index contributed by atoms with van der Waals surface area (Å²) in [6.45, 7) is 2.47. The Morgan fingerprint density at radius 2 is 1.73 bits per heavy atom. The number of carbonyl (C=O) groups excluding carboxylic acids is 2. The molecular weight excluding hydrogens is 330 g/mol. The molecule has 0 saturated carbocycles. The van der Waals surface area contributed by atoms with Crippen molar-refractivity contribution in [2.45, 2.75) is 19.4 Å². The molecule has 1 saturated heterocycles. The van der Waals surface area contributed by atoms with E-state index in [1.807, 2.05) is 60.7 Å². The van der Waals surface area contributed by atoms with Crippen molar-refractivity contribution in [3.05, 3.63) is 71.4 Å². The van der Waals surface area contributed by atoms with Crippen molar-refractivity contribution >= 4 is 23.8 Å². The van der Waals surface area contributed by atoms with Crippen molar-refractivity contribution in [2.24, 2.45) is 0 Å². The van der Waals surface area contributed by atoms with Gasteiger partial charge >= 0.3 is 6.03 Å². The Kier molecular flexibility index (Phi) is 5.31. The van der Waals surface area contributed by atoms with Crippen molar-refractivity contribution in [1.82, 2.24) is 4.90 Å². The predicted octanol–water partition coefficient (Wildman–Crippen LogP) is 2.86. The number of carbonyl (C=O) groups is 2. The average Bonchev–Trinajstić information content (AvgIpc) is 3.04. The fourth-order valence-electron chi connectivity index (χ4n) is 2.88. The maximum Gasteiger partial charge on any atom is 0.331 e. The third-order valence-electron chi connectivity index (χ3n) is 4.36. The third-order valence-corrected chi connectivity index (χ3v) is 4.36. The molecule has 0 bridgehead atoms. The van der Waals surface area contributed by atoms with Gasteiger partial charge in [-0.1, -0.05) is 36.4 Å². The summed E-state index contributed by atoms with van der Waals surface area (Å²) >= 11 is 0. The molecule has 1 aliphatic heterocycles. The van der Waals surface area contributed by atoms with Gasteiger partial charge in [0.15, 0.2) is 12.3 Å². The van der Waals surface area contributed by atoms with Crippen LogP contribution in [-0.2, 0) is 4.79 Å². The minimum Gasteiger partial charge on any atom is -0.624 e. The average molecular weight is 351 g/mol. The van der Waals surface area contributed by atoms with E-state index >= 15 is 0 Å². The van der Waals surface area contributed by atoms with Crippen LogP contribution in [0.4, 0.5) is 10.5 Å². The second-order valence-electron chi connectivity index (χ2n) is 6.27. The molecule has 1 aliphatic rings. The molecular formula is C20H21N3O3. The molecule has 1 heterocycles. The van der Waals surface area contributed by atoms with E-state index in [1.165, 1.54) is 11.1 Å². The number of para-hydroxylation sites is 1. The van der Waals surface area contributed by atoms with E-state index in [1.54, 1.807) is 11.8 Å². The standard InChI is InChI=1S/C20H21N3O3/c1-16(23(26)15-17-8-4-2-5-9-17)14-19(24)22-13-12-21(20(22)25)18-10-6-3-7-11-18/h2-11,15-16H,12-14H2,1H3/b23-15-. The first-order valence-corrected chi connectivity index (χ1v) is 8.58. The van der Waals surface area contributed by atoms with Gasteiger partial charge in [-0.3, -0.25) is 14.6 Å². The molecule has 3 rings (SSSR count). The molecule has 1 atom stereocenters. The van der Waals surface area contributed by atoms with Gasteiger partial charge in [0.2, 0.25) is 5.91 Å². The van der Waals surface area contributed by atoms with Crippen LogP contribution in [0.25, 0.3) is 0 Å². The third kappa shape index (κ3) is 3.91. The van der Waals surface area contributed by atoms with Crippen LogP contribution in [-0.4, -0.2) is 46.9 Å². The van der Waals surface area contributed by atoms with Crippen LogP contribution in [0.5, 0.6) is 0 Å². The van der Waals surface area contributed by atoms with Crippen molar-refractivity contribution in [2.75, 3.05) is 18.0 Å². The van der Waals surface area contributed by atoms with E-state index < -0.39 is 6.04 Å². The SMILES string of the molecule is CC(CC(=O)N1CCN(c2ccccc2)C1=O)/[N+]([O-])=C/c1ccccc1. The smallest absolute Gasteiger partial charge is 0.331 e. The molecule has 6 nitrogen and oxygen atoms in total. The quantitative estimate of drug-likeness (QED) is 0.360. The number of hydroxylamine groups is 1. The monoisotopic (exact) mass is 351 g/mol. The molecule has 0 N–H and O–H groups in total. The molecule has 6 heteroatoms. The van der Waals surface area contributed by atoms with Crippen LogP contribution >= 0.6 is 0 Å². The first-order valence-electron chi connectivity index (χ1n) is 8.58. The highest BCUT2D eigenvalue weighted by Gasteiger charge is 2.35. The summed E-state index contributed by atoms with van der Waals surface area (Å²) in [7, 11) is 0. The summed E-state index contributed by atoms with van der Waals surface area (Å²) < 4.78 is 0.767. The highest BCUT2D eigenvalue weighted by Crippen LogP contribution is 2.20. The van der Waals surface area contributed by atoms with Gasteiger partial charge in [-0.2, -0.15) is 0 Å². The molecule has 134 valence electrons. The molecule has 2 aromatic rings. The lowest BCUT2D eigenvalue weighted by Gasteiger charge is -2.19. The molecule has 26 heavy (non-hydrogen) atoms. The van der Waals surface area contributed by atoms with Crippen molar-refractivity contribution in [3.63, 3.8) is 0 Å². The fourth-order valence-corrected chi connectivity index (χ4v) is 2.88. The summed E-state index contributed by atoms with van der Waals surface area (Å²) in [5.74, 6) is -0.330. The van der Waals surface area contributed by atoms with Crippen LogP contribution in [0.3, 0.4) is 0 Å². The van der Waals surface area contributed by atoms with Gasteiger partial charge in [-0.15, -0.1) is 0 Å². The molecule has 1 fully saturated rings. The second-order valence-corrected chi connectivity index (χ2v) is 6.27. The number of rotatable bonds is 5. The Labute approximate surface area is 152 Å². The lowest BCUT2D eigenvalue weighted by Crippen LogP contribution is -2.38. The van der Waals surface area contributed by atoms with Crippen LogP contribution < -0.4 is 4.90 Å². The maximum absolute atomic E-state index is 12.5. The van der Waals surface area contributed by atoms with Crippen molar-refractivity contribution < 1.29 is 14.3 Å². The molecule has 2 aromatic carbocycles. The topological polar surface area (TPSA) is 66.7 Å². The van der Waals surface area contributed by atoms with Gasteiger partial charge in [-0.05, 0) is 31.2 Å². The van der Waals surface area contributed by atoms with Gasteiger partial charge in [0.05, 0.1) is 6.42 Å². The zero-order chi connectivity index (χ0) is 18.5. The Bertz CT molecular complexity index is 806. The van der Waals surface area contributed by atoms with Crippen LogP contribution in [0, 0.1) is 5.21 Å². The minimum atomic E-state index is -0.554. The Morgan fingerprint density at radius 1 is 1.12 bits per heavy atom. The number of nitrogens with zero attached hydrogens (tertiary/aromatic N) is 3.